The molecule has 0 saturated carbocycles. The van der Waals surface area contributed by atoms with Crippen LogP contribution in [-0.2, 0) is 6.18 Å². The van der Waals surface area contributed by atoms with Gasteiger partial charge in [0.05, 0.1) is 0 Å². The maximum Gasteiger partial charge on any atom is 0.420 e. The summed E-state index contributed by atoms with van der Waals surface area (Å²) in [6.07, 6.45) is -1.72. The van der Waals surface area contributed by atoms with Crippen molar-refractivity contribution in [3.05, 3.63) is 23.8 Å². The number of hydrazone groups is 1. The van der Waals surface area contributed by atoms with Gasteiger partial charge in [-0.3, -0.25) is 5.43 Å². The van der Waals surface area contributed by atoms with Gasteiger partial charge in [-0.2, -0.15) is 18.3 Å². The molecule has 0 atom stereocenters. The normalized spacial score (nSPS) is 14.8. The SMILES string of the molecule is FC(F)(F)c1cn[c]nc1C1=NN1. The predicted molar refractivity (Wildman–Crippen MR) is 35.5 cm³/mol. The van der Waals surface area contributed by atoms with E-state index < -0.39 is 11.7 Å². The van der Waals surface area contributed by atoms with Crippen LogP contribution in [0.5, 0.6) is 0 Å². The molecule has 1 aliphatic heterocycles. The van der Waals surface area contributed by atoms with Crippen molar-refractivity contribution in [3.63, 3.8) is 0 Å². The lowest BCUT2D eigenvalue weighted by atomic mass is 10.2. The average Bonchev–Trinajstić information content (AvgIpc) is 2.85. The van der Waals surface area contributed by atoms with E-state index in [1.54, 1.807) is 0 Å². The molecule has 1 aromatic rings. The molecular formula is C6H2F3N4. The average molecular weight is 187 g/mol. The van der Waals surface area contributed by atoms with Crippen molar-refractivity contribution >= 4 is 5.84 Å². The van der Waals surface area contributed by atoms with Crippen LogP contribution in [0.3, 0.4) is 0 Å². The zero-order chi connectivity index (χ0) is 9.47. The van der Waals surface area contributed by atoms with Gasteiger partial charge in [-0.05, 0) is 0 Å². The standard InChI is InChI=1S/C6H2F3N4/c7-6(8,9)3-1-10-2-11-4(3)5-12-13-5/h1H,(H,12,13). The molecule has 0 aromatic carbocycles. The number of nitrogens with one attached hydrogen (secondary N) is 1. The Morgan fingerprint density at radius 3 is 2.62 bits per heavy atom. The molecule has 67 valence electrons. The summed E-state index contributed by atoms with van der Waals surface area (Å²) < 4.78 is 36.8. The molecule has 1 N–H and O–H groups in total. The van der Waals surface area contributed by atoms with Crippen molar-refractivity contribution in [2.75, 3.05) is 0 Å². The Labute approximate surface area is 70.5 Å². The van der Waals surface area contributed by atoms with Crippen LogP contribution in [-0.4, -0.2) is 15.8 Å². The second-order valence-corrected chi connectivity index (χ2v) is 2.30. The van der Waals surface area contributed by atoms with Crippen LogP contribution >= 0.6 is 0 Å². The Morgan fingerprint density at radius 2 is 2.08 bits per heavy atom. The molecule has 2 rings (SSSR count). The van der Waals surface area contributed by atoms with Crippen LogP contribution in [0.15, 0.2) is 11.3 Å². The summed E-state index contributed by atoms with van der Waals surface area (Å²) in [4.78, 5) is 6.54. The Bertz CT molecular complexity index is 370. The second-order valence-electron chi connectivity index (χ2n) is 2.30. The summed E-state index contributed by atoms with van der Waals surface area (Å²) in [5, 5.41) is 3.40. The first-order chi connectivity index (χ1) is 6.09. The van der Waals surface area contributed by atoms with E-state index in [1.165, 1.54) is 0 Å². The van der Waals surface area contributed by atoms with E-state index in [0.29, 0.717) is 6.20 Å². The van der Waals surface area contributed by atoms with Crippen LogP contribution in [0.25, 0.3) is 0 Å². The summed E-state index contributed by atoms with van der Waals surface area (Å²) in [5.41, 5.74) is 1.13. The van der Waals surface area contributed by atoms with E-state index in [1.807, 2.05) is 0 Å². The van der Waals surface area contributed by atoms with Crippen molar-refractivity contribution < 1.29 is 13.2 Å². The van der Waals surface area contributed by atoms with Gasteiger partial charge in [-0.25, -0.2) is 9.97 Å². The lowest BCUT2D eigenvalue weighted by molar-refractivity contribution is -0.138. The summed E-state index contributed by atoms with van der Waals surface area (Å²) in [6.45, 7) is 0. The van der Waals surface area contributed by atoms with E-state index in [2.05, 4.69) is 26.8 Å². The topological polar surface area (TPSA) is 60.1 Å². The lowest BCUT2D eigenvalue weighted by Gasteiger charge is -2.06. The van der Waals surface area contributed by atoms with Gasteiger partial charge in [0.15, 0.2) is 12.2 Å². The first kappa shape index (κ1) is 7.96. The summed E-state index contributed by atoms with van der Waals surface area (Å²) in [7, 11) is 0. The number of amidine groups is 1. The molecule has 0 aliphatic carbocycles. The van der Waals surface area contributed by atoms with Gasteiger partial charge in [0.25, 0.3) is 0 Å². The van der Waals surface area contributed by atoms with Gasteiger partial charge in [-0.15, -0.1) is 0 Å². The number of aromatic nitrogens is 2. The zero-order valence-electron chi connectivity index (χ0n) is 6.05. The molecule has 1 radical (unpaired) electrons. The maximum atomic E-state index is 12.3. The number of hydrogen-bond acceptors (Lipinski definition) is 4. The summed E-state index contributed by atoms with van der Waals surface area (Å²) in [6, 6.07) is 0. The molecule has 0 fully saturated rings. The Balaban J connectivity index is 2.49. The number of rotatable bonds is 1. The second kappa shape index (κ2) is 2.41. The van der Waals surface area contributed by atoms with Gasteiger partial charge in [0.2, 0.25) is 0 Å². The van der Waals surface area contributed by atoms with E-state index in [9.17, 15) is 13.2 Å². The molecule has 0 saturated heterocycles. The van der Waals surface area contributed by atoms with Crippen LogP contribution in [0.1, 0.15) is 11.3 Å². The molecule has 1 aliphatic rings. The fraction of sp³-hybridized carbons (Fsp3) is 0.167. The van der Waals surface area contributed by atoms with Gasteiger partial charge in [-0.1, -0.05) is 0 Å². The van der Waals surface area contributed by atoms with Crippen molar-refractivity contribution in [1.82, 2.24) is 15.4 Å². The first-order valence-corrected chi connectivity index (χ1v) is 3.23. The van der Waals surface area contributed by atoms with E-state index in [4.69, 9.17) is 0 Å². The highest BCUT2D eigenvalue weighted by molar-refractivity contribution is 6.05. The smallest absolute Gasteiger partial charge is 0.256 e. The van der Waals surface area contributed by atoms with Gasteiger partial charge < -0.3 is 0 Å². The molecule has 1 aromatic heterocycles. The highest BCUT2D eigenvalue weighted by atomic mass is 19.4. The van der Waals surface area contributed by atoms with Crippen LogP contribution in [0.2, 0.25) is 0 Å². The molecular weight excluding hydrogens is 185 g/mol. The molecule has 0 unspecified atom stereocenters. The molecule has 0 spiro atoms. The van der Waals surface area contributed by atoms with Crippen molar-refractivity contribution in [2.24, 2.45) is 5.10 Å². The molecule has 4 nitrogen and oxygen atoms in total. The molecule has 0 amide bonds. The molecule has 7 heteroatoms. The molecule has 0 bridgehead atoms. The zero-order valence-corrected chi connectivity index (χ0v) is 6.05. The largest absolute Gasteiger partial charge is 0.420 e. The van der Waals surface area contributed by atoms with E-state index in [0.717, 1.165) is 0 Å². The lowest BCUT2D eigenvalue weighted by Crippen LogP contribution is -2.14. The monoisotopic (exact) mass is 187 g/mol. The van der Waals surface area contributed by atoms with Crippen molar-refractivity contribution in [3.8, 4) is 0 Å². The fourth-order valence-electron chi connectivity index (χ4n) is 0.815. The number of nitrogens with zero attached hydrogens (tertiary/aromatic N) is 3. The Kier molecular flexibility index (Phi) is 1.48. The highest BCUT2D eigenvalue weighted by Gasteiger charge is 2.37. The highest BCUT2D eigenvalue weighted by Crippen LogP contribution is 2.31. The van der Waals surface area contributed by atoms with Gasteiger partial charge in [0, 0.05) is 6.20 Å². The quantitative estimate of drug-likeness (QED) is 0.698. The predicted octanol–water partition coefficient (Wildman–Crippen LogP) is 0.560. The third-order valence-electron chi connectivity index (χ3n) is 1.42. The van der Waals surface area contributed by atoms with Crippen LogP contribution in [0, 0.1) is 6.33 Å². The van der Waals surface area contributed by atoms with Crippen LogP contribution < -0.4 is 5.43 Å². The minimum Gasteiger partial charge on any atom is -0.256 e. The number of halogens is 3. The first-order valence-electron chi connectivity index (χ1n) is 3.23. The summed E-state index contributed by atoms with van der Waals surface area (Å²) in [5.74, 6) is 0.117. The number of hydrogen-bond donors (Lipinski definition) is 1. The minimum atomic E-state index is -4.46. The third kappa shape index (κ3) is 1.44. The Morgan fingerprint density at radius 1 is 1.38 bits per heavy atom. The summed E-state index contributed by atoms with van der Waals surface area (Å²) >= 11 is 0. The Hall–Kier alpha value is -1.66. The van der Waals surface area contributed by atoms with Gasteiger partial charge >= 0.3 is 6.18 Å². The van der Waals surface area contributed by atoms with Crippen LogP contribution in [0.4, 0.5) is 13.2 Å². The molecule has 13 heavy (non-hydrogen) atoms. The van der Waals surface area contributed by atoms with E-state index in [-0.39, 0.29) is 11.5 Å². The van der Waals surface area contributed by atoms with Gasteiger partial charge in [0.1, 0.15) is 11.3 Å². The van der Waals surface area contributed by atoms with Crippen molar-refractivity contribution in [2.45, 2.75) is 6.18 Å². The van der Waals surface area contributed by atoms with Crippen molar-refractivity contribution in [1.29, 1.82) is 0 Å². The number of alkyl halides is 3. The fourth-order valence-corrected chi connectivity index (χ4v) is 0.815. The molecule has 2 heterocycles. The minimum absolute atomic E-state index is 0.117. The van der Waals surface area contributed by atoms with E-state index >= 15 is 0 Å². The third-order valence-corrected chi connectivity index (χ3v) is 1.42. The maximum absolute atomic E-state index is 12.3.